The van der Waals surface area contributed by atoms with Gasteiger partial charge >= 0.3 is 0 Å². The number of benzene rings is 1. The smallest absolute Gasteiger partial charge is 0.270 e. The molecule has 2 rings (SSSR count). The van der Waals surface area contributed by atoms with Crippen LogP contribution in [0.1, 0.15) is 12.2 Å². The highest BCUT2D eigenvalue weighted by atomic mass is 16.6. The van der Waals surface area contributed by atoms with Crippen molar-refractivity contribution in [3.8, 4) is 11.3 Å². The van der Waals surface area contributed by atoms with E-state index in [0.717, 1.165) is 0 Å². The Kier molecular flexibility index (Phi) is 6.38. The first-order chi connectivity index (χ1) is 12.5. The second-order valence-electron chi connectivity index (χ2n) is 5.07. The van der Waals surface area contributed by atoms with Gasteiger partial charge in [0, 0.05) is 24.2 Å². The van der Waals surface area contributed by atoms with Crippen molar-refractivity contribution in [2.24, 2.45) is 5.10 Å². The van der Waals surface area contributed by atoms with Gasteiger partial charge < -0.3 is 9.73 Å². The van der Waals surface area contributed by atoms with E-state index in [1.807, 2.05) is 0 Å². The van der Waals surface area contributed by atoms with Crippen molar-refractivity contribution in [1.82, 2.24) is 10.7 Å². The molecule has 1 aromatic heterocycles. The number of nitro groups is 1. The summed E-state index contributed by atoms with van der Waals surface area (Å²) in [5, 5.41) is 17.0. The number of nitrogens with one attached hydrogen (secondary N) is 2. The summed E-state index contributed by atoms with van der Waals surface area (Å²) < 4.78 is 5.51. The standard InChI is InChI=1S/C17H16N4O5/c1-2-8-18-16(22)10-17(23)20-19-11-14-6-7-15(26-14)12-4-3-5-13(9-12)21(24)25/h2-7,9,11H,1,8,10H2,(H,18,22)(H,20,23)/b19-11-. The molecule has 0 aliphatic heterocycles. The lowest BCUT2D eigenvalue weighted by Gasteiger charge is -2.00. The highest BCUT2D eigenvalue weighted by Gasteiger charge is 2.10. The van der Waals surface area contributed by atoms with Gasteiger partial charge in [-0.25, -0.2) is 5.43 Å². The SMILES string of the molecule is C=CCNC(=O)CC(=O)N/N=C\c1ccc(-c2cccc([N+](=O)[O-])c2)o1. The van der Waals surface area contributed by atoms with E-state index < -0.39 is 16.7 Å². The first-order valence-corrected chi connectivity index (χ1v) is 7.53. The van der Waals surface area contributed by atoms with Crippen LogP contribution < -0.4 is 10.7 Å². The van der Waals surface area contributed by atoms with Crippen molar-refractivity contribution in [3.63, 3.8) is 0 Å². The molecule has 0 aliphatic carbocycles. The lowest BCUT2D eigenvalue weighted by Crippen LogP contribution is -2.29. The topological polar surface area (TPSA) is 127 Å². The van der Waals surface area contributed by atoms with Crippen LogP contribution in [-0.2, 0) is 9.59 Å². The molecule has 0 saturated carbocycles. The minimum atomic E-state index is -0.576. The van der Waals surface area contributed by atoms with Gasteiger partial charge in [-0.2, -0.15) is 5.10 Å². The maximum Gasteiger partial charge on any atom is 0.270 e. The molecule has 2 N–H and O–H groups in total. The van der Waals surface area contributed by atoms with E-state index in [4.69, 9.17) is 4.42 Å². The van der Waals surface area contributed by atoms with Gasteiger partial charge in [-0.3, -0.25) is 19.7 Å². The van der Waals surface area contributed by atoms with Gasteiger partial charge in [0.15, 0.2) is 0 Å². The maximum absolute atomic E-state index is 11.5. The Balaban J connectivity index is 1.93. The number of hydrogen-bond acceptors (Lipinski definition) is 6. The third kappa shape index (κ3) is 5.41. The molecule has 0 aliphatic rings. The molecule has 1 heterocycles. The molecular weight excluding hydrogens is 340 g/mol. The van der Waals surface area contributed by atoms with Gasteiger partial charge in [0.2, 0.25) is 11.8 Å². The average molecular weight is 356 g/mol. The third-order valence-electron chi connectivity index (χ3n) is 3.11. The summed E-state index contributed by atoms with van der Waals surface area (Å²) in [5.74, 6) is -0.259. The predicted molar refractivity (Wildman–Crippen MR) is 94.4 cm³/mol. The number of hydrazone groups is 1. The van der Waals surface area contributed by atoms with Crippen molar-refractivity contribution in [2.45, 2.75) is 6.42 Å². The monoisotopic (exact) mass is 356 g/mol. The Hall–Kier alpha value is -3.75. The summed E-state index contributed by atoms with van der Waals surface area (Å²) in [4.78, 5) is 33.2. The maximum atomic E-state index is 11.5. The summed E-state index contributed by atoms with van der Waals surface area (Å²) in [5.41, 5.74) is 2.70. The minimum Gasteiger partial charge on any atom is -0.455 e. The highest BCUT2D eigenvalue weighted by Crippen LogP contribution is 2.25. The molecule has 0 radical (unpaired) electrons. The van der Waals surface area contributed by atoms with E-state index in [1.54, 1.807) is 24.3 Å². The largest absolute Gasteiger partial charge is 0.455 e. The normalized spacial score (nSPS) is 10.5. The van der Waals surface area contributed by atoms with Crippen LogP contribution in [0.5, 0.6) is 0 Å². The highest BCUT2D eigenvalue weighted by molar-refractivity contribution is 5.97. The predicted octanol–water partition coefficient (Wildman–Crippen LogP) is 2.00. The van der Waals surface area contributed by atoms with Crippen LogP contribution in [0.25, 0.3) is 11.3 Å². The summed E-state index contributed by atoms with van der Waals surface area (Å²) in [6, 6.07) is 9.24. The van der Waals surface area contributed by atoms with Crippen LogP contribution in [-0.4, -0.2) is 29.5 Å². The van der Waals surface area contributed by atoms with Crippen molar-refractivity contribution >= 4 is 23.7 Å². The van der Waals surface area contributed by atoms with Gasteiger partial charge in [-0.15, -0.1) is 6.58 Å². The molecule has 26 heavy (non-hydrogen) atoms. The van der Waals surface area contributed by atoms with Crippen molar-refractivity contribution in [3.05, 3.63) is 64.9 Å². The molecule has 0 spiro atoms. The van der Waals surface area contributed by atoms with E-state index >= 15 is 0 Å². The zero-order valence-electron chi connectivity index (χ0n) is 13.7. The van der Waals surface area contributed by atoms with Gasteiger partial charge in [0.05, 0.1) is 11.1 Å². The fraction of sp³-hybridized carbons (Fsp3) is 0.118. The lowest BCUT2D eigenvalue weighted by atomic mass is 10.1. The van der Waals surface area contributed by atoms with E-state index in [0.29, 0.717) is 17.1 Å². The van der Waals surface area contributed by atoms with Gasteiger partial charge in [0.1, 0.15) is 17.9 Å². The Morgan fingerprint density at radius 1 is 1.27 bits per heavy atom. The quantitative estimate of drug-likeness (QED) is 0.246. The molecule has 0 saturated heterocycles. The number of carbonyl (C=O) groups excluding carboxylic acids is 2. The van der Waals surface area contributed by atoms with E-state index in [2.05, 4.69) is 22.4 Å². The Morgan fingerprint density at radius 3 is 2.81 bits per heavy atom. The van der Waals surface area contributed by atoms with Crippen LogP contribution in [0.3, 0.4) is 0 Å². The zero-order chi connectivity index (χ0) is 18.9. The van der Waals surface area contributed by atoms with Crippen LogP contribution in [0, 0.1) is 10.1 Å². The molecular formula is C17H16N4O5. The Labute approximate surface area is 148 Å². The second-order valence-corrected chi connectivity index (χ2v) is 5.07. The van der Waals surface area contributed by atoms with E-state index in [-0.39, 0.29) is 18.7 Å². The molecule has 0 fully saturated rings. The number of carbonyl (C=O) groups is 2. The minimum absolute atomic E-state index is 0.0453. The molecule has 1 aromatic carbocycles. The molecule has 2 amide bonds. The van der Waals surface area contributed by atoms with Gasteiger partial charge in [-0.05, 0) is 12.1 Å². The van der Waals surface area contributed by atoms with Crippen LogP contribution in [0.2, 0.25) is 0 Å². The van der Waals surface area contributed by atoms with Crippen molar-refractivity contribution in [1.29, 1.82) is 0 Å². The van der Waals surface area contributed by atoms with E-state index in [9.17, 15) is 19.7 Å². The lowest BCUT2D eigenvalue weighted by molar-refractivity contribution is -0.384. The molecule has 134 valence electrons. The fourth-order valence-corrected chi connectivity index (χ4v) is 1.95. The first-order valence-electron chi connectivity index (χ1n) is 7.53. The van der Waals surface area contributed by atoms with Crippen molar-refractivity contribution in [2.75, 3.05) is 6.54 Å². The Morgan fingerprint density at radius 2 is 2.08 bits per heavy atom. The summed E-state index contributed by atoms with van der Waals surface area (Å²) >= 11 is 0. The molecule has 2 aromatic rings. The number of nitrogens with zero attached hydrogens (tertiary/aromatic N) is 2. The number of hydrogen-bond donors (Lipinski definition) is 2. The number of furan rings is 1. The Bertz CT molecular complexity index is 856. The molecule has 0 unspecified atom stereocenters. The van der Waals surface area contributed by atoms with Crippen LogP contribution in [0.15, 0.2) is 58.6 Å². The molecule has 0 bridgehead atoms. The first kappa shape index (κ1) is 18.6. The third-order valence-corrected chi connectivity index (χ3v) is 3.11. The molecule has 9 nitrogen and oxygen atoms in total. The number of amides is 2. The van der Waals surface area contributed by atoms with Crippen LogP contribution in [0.4, 0.5) is 5.69 Å². The van der Waals surface area contributed by atoms with E-state index in [1.165, 1.54) is 24.4 Å². The number of rotatable bonds is 8. The number of non-ortho nitro benzene ring substituents is 1. The van der Waals surface area contributed by atoms with Gasteiger partial charge in [0.25, 0.3) is 5.69 Å². The average Bonchev–Trinajstić information content (AvgIpc) is 3.09. The fourth-order valence-electron chi connectivity index (χ4n) is 1.95. The summed E-state index contributed by atoms with van der Waals surface area (Å²) in [6.45, 7) is 3.73. The van der Waals surface area contributed by atoms with Gasteiger partial charge in [-0.1, -0.05) is 18.2 Å². The summed E-state index contributed by atoms with van der Waals surface area (Å²) in [6.07, 6.45) is 2.41. The van der Waals surface area contributed by atoms with Crippen molar-refractivity contribution < 1.29 is 18.9 Å². The number of nitro benzene ring substituents is 1. The summed E-state index contributed by atoms with van der Waals surface area (Å²) in [7, 11) is 0. The molecule has 0 atom stereocenters. The van der Waals surface area contributed by atoms with Crippen LogP contribution >= 0.6 is 0 Å². The second kappa shape index (κ2) is 8.92. The molecule has 9 heteroatoms. The zero-order valence-corrected chi connectivity index (χ0v) is 13.7.